The molecule has 6 heteroatoms. The van der Waals surface area contributed by atoms with E-state index in [2.05, 4.69) is 4.72 Å². The molecule has 0 saturated carbocycles. The summed E-state index contributed by atoms with van der Waals surface area (Å²) in [4.78, 5) is 0. The predicted molar refractivity (Wildman–Crippen MR) is 68.5 cm³/mol. The molecule has 0 amide bonds. The summed E-state index contributed by atoms with van der Waals surface area (Å²) in [6.07, 6.45) is 0. The van der Waals surface area contributed by atoms with E-state index in [1.165, 1.54) is 7.11 Å². The largest absolute Gasteiger partial charge is 0.383 e. The van der Waals surface area contributed by atoms with Crippen molar-refractivity contribution in [2.24, 2.45) is 0 Å². The van der Waals surface area contributed by atoms with Gasteiger partial charge in [-0.15, -0.1) is 0 Å². The maximum absolute atomic E-state index is 11.8. The van der Waals surface area contributed by atoms with Gasteiger partial charge in [-0.25, -0.2) is 13.1 Å². The maximum atomic E-state index is 11.8. The van der Waals surface area contributed by atoms with Crippen molar-refractivity contribution in [3.63, 3.8) is 0 Å². The molecule has 0 bridgehead atoms. The number of halogens is 1. The van der Waals surface area contributed by atoms with Crippen LogP contribution in [0.1, 0.15) is 12.5 Å². The van der Waals surface area contributed by atoms with Crippen molar-refractivity contribution in [2.45, 2.75) is 18.7 Å². The highest BCUT2D eigenvalue weighted by molar-refractivity contribution is 7.88. The van der Waals surface area contributed by atoms with Gasteiger partial charge in [0.2, 0.25) is 10.0 Å². The minimum atomic E-state index is -3.34. The molecule has 0 radical (unpaired) electrons. The molecule has 1 aromatic rings. The quantitative estimate of drug-likeness (QED) is 0.863. The van der Waals surface area contributed by atoms with Crippen LogP contribution in [0.5, 0.6) is 0 Å². The SMILES string of the molecule is COC[C@H](C)NS(=O)(=O)Cc1ccc(Cl)cc1. The molecular formula is C11H16ClNO3S. The first kappa shape index (κ1) is 14.4. The third kappa shape index (κ3) is 5.50. The van der Waals surface area contributed by atoms with Crippen LogP contribution >= 0.6 is 11.6 Å². The van der Waals surface area contributed by atoms with Gasteiger partial charge in [0.25, 0.3) is 0 Å². The standard InChI is InChI=1S/C11H16ClNO3S/c1-9(7-16-2)13-17(14,15)8-10-3-5-11(12)6-4-10/h3-6,9,13H,7-8H2,1-2H3/t9-/m0/s1. The van der Waals surface area contributed by atoms with Gasteiger partial charge in [0, 0.05) is 18.2 Å². The Morgan fingerprint density at radius 3 is 2.47 bits per heavy atom. The Labute approximate surface area is 107 Å². The Balaban J connectivity index is 2.63. The minimum Gasteiger partial charge on any atom is -0.383 e. The zero-order chi connectivity index (χ0) is 12.9. The normalized spacial score (nSPS) is 13.6. The maximum Gasteiger partial charge on any atom is 0.216 e. The molecular weight excluding hydrogens is 262 g/mol. The van der Waals surface area contributed by atoms with Crippen LogP contribution in [0.3, 0.4) is 0 Å². The van der Waals surface area contributed by atoms with E-state index in [1.807, 2.05) is 0 Å². The van der Waals surface area contributed by atoms with Gasteiger partial charge in [0.1, 0.15) is 0 Å². The first-order valence-corrected chi connectivity index (χ1v) is 7.19. The third-order valence-electron chi connectivity index (χ3n) is 2.07. The van der Waals surface area contributed by atoms with Crippen molar-refractivity contribution in [1.29, 1.82) is 0 Å². The number of nitrogens with one attached hydrogen (secondary N) is 1. The highest BCUT2D eigenvalue weighted by Gasteiger charge is 2.14. The van der Waals surface area contributed by atoms with E-state index in [0.29, 0.717) is 17.2 Å². The van der Waals surface area contributed by atoms with Gasteiger partial charge in [-0.2, -0.15) is 0 Å². The predicted octanol–water partition coefficient (Wildman–Crippen LogP) is 1.79. The zero-order valence-electron chi connectivity index (χ0n) is 9.81. The Morgan fingerprint density at radius 1 is 1.35 bits per heavy atom. The lowest BCUT2D eigenvalue weighted by Crippen LogP contribution is -2.36. The molecule has 0 aromatic heterocycles. The van der Waals surface area contributed by atoms with Crippen LogP contribution in [0.4, 0.5) is 0 Å². The molecule has 0 heterocycles. The fraction of sp³-hybridized carbons (Fsp3) is 0.455. The first-order chi connectivity index (χ1) is 7.93. The second-order valence-corrected chi connectivity index (χ2v) is 6.05. The number of rotatable bonds is 6. The fourth-order valence-corrected chi connectivity index (χ4v) is 2.95. The van der Waals surface area contributed by atoms with Crippen LogP contribution < -0.4 is 4.72 Å². The monoisotopic (exact) mass is 277 g/mol. The van der Waals surface area contributed by atoms with E-state index >= 15 is 0 Å². The molecule has 0 spiro atoms. The second kappa shape index (κ2) is 6.35. The molecule has 1 aromatic carbocycles. The molecule has 96 valence electrons. The molecule has 0 saturated heterocycles. The number of sulfonamides is 1. The van der Waals surface area contributed by atoms with Crippen LogP contribution in [-0.2, 0) is 20.5 Å². The van der Waals surface area contributed by atoms with E-state index in [4.69, 9.17) is 16.3 Å². The van der Waals surface area contributed by atoms with E-state index in [0.717, 1.165) is 0 Å². The number of ether oxygens (including phenoxy) is 1. The van der Waals surface area contributed by atoms with Gasteiger partial charge in [0.05, 0.1) is 12.4 Å². The van der Waals surface area contributed by atoms with Crippen molar-refractivity contribution in [1.82, 2.24) is 4.72 Å². The number of hydrogen-bond acceptors (Lipinski definition) is 3. The van der Waals surface area contributed by atoms with Crippen molar-refractivity contribution < 1.29 is 13.2 Å². The average molecular weight is 278 g/mol. The molecule has 1 rings (SSSR count). The summed E-state index contributed by atoms with van der Waals surface area (Å²) in [7, 11) is -1.81. The molecule has 0 aliphatic heterocycles. The van der Waals surface area contributed by atoms with Gasteiger partial charge in [-0.05, 0) is 24.6 Å². The summed E-state index contributed by atoms with van der Waals surface area (Å²) < 4.78 is 30.9. The Hall–Kier alpha value is -0.620. The molecule has 0 unspecified atom stereocenters. The summed E-state index contributed by atoms with van der Waals surface area (Å²) in [5, 5.41) is 0.590. The molecule has 0 fully saturated rings. The average Bonchev–Trinajstić information content (AvgIpc) is 2.20. The van der Waals surface area contributed by atoms with Gasteiger partial charge >= 0.3 is 0 Å². The second-order valence-electron chi connectivity index (χ2n) is 3.86. The van der Waals surface area contributed by atoms with E-state index in [9.17, 15) is 8.42 Å². The Bertz CT molecular complexity index is 444. The molecule has 1 atom stereocenters. The van der Waals surface area contributed by atoms with Crippen molar-refractivity contribution >= 4 is 21.6 Å². The van der Waals surface area contributed by atoms with E-state index in [-0.39, 0.29) is 11.8 Å². The number of methoxy groups -OCH3 is 1. The lowest BCUT2D eigenvalue weighted by molar-refractivity contribution is 0.180. The van der Waals surface area contributed by atoms with Crippen molar-refractivity contribution in [3.8, 4) is 0 Å². The number of benzene rings is 1. The van der Waals surface area contributed by atoms with Gasteiger partial charge in [-0.3, -0.25) is 0 Å². The summed E-state index contributed by atoms with van der Waals surface area (Å²) in [5.41, 5.74) is 0.700. The van der Waals surface area contributed by atoms with Gasteiger partial charge < -0.3 is 4.74 Å². The first-order valence-electron chi connectivity index (χ1n) is 5.16. The Morgan fingerprint density at radius 2 is 1.94 bits per heavy atom. The molecule has 4 nitrogen and oxygen atoms in total. The van der Waals surface area contributed by atoms with Crippen molar-refractivity contribution in [3.05, 3.63) is 34.9 Å². The summed E-state index contributed by atoms with van der Waals surface area (Å²) in [6, 6.07) is 6.50. The number of hydrogen-bond donors (Lipinski definition) is 1. The smallest absolute Gasteiger partial charge is 0.216 e. The topological polar surface area (TPSA) is 55.4 Å². The van der Waals surface area contributed by atoms with Crippen LogP contribution in [-0.4, -0.2) is 28.2 Å². The van der Waals surface area contributed by atoms with E-state index in [1.54, 1.807) is 31.2 Å². The Kier molecular flexibility index (Phi) is 5.39. The molecule has 17 heavy (non-hydrogen) atoms. The lowest BCUT2D eigenvalue weighted by Gasteiger charge is -2.13. The lowest BCUT2D eigenvalue weighted by atomic mass is 10.2. The van der Waals surface area contributed by atoms with Crippen molar-refractivity contribution in [2.75, 3.05) is 13.7 Å². The molecule has 0 aliphatic carbocycles. The van der Waals surface area contributed by atoms with Gasteiger partial charge in [0.15, 0.2) is 0 Å². The highest BCUT2D eigenvalue weighted by atomic mass is 35.5. The summed E-state index contributed by atoms with van der Waals surface area (Å²) in [6.45, 7) is 2.10. The van der Waals surface area contributed by atoms with Gasteiger partial charge in [-0.1, -0.05) is 23.7 Å². The van der Waals surface area contributed by atoms with Crippen LogP contribution in [0.25, 0.3) is 0 Å². The van der Waals surface area contributed by atoms with Crippen LogP contribution in [0.15, 0.2) is 24.3 Å². The summed E-state index contributed by atoms with van der Waals surface area (Å²) >= 11 is 5.73. The van der Waals surface area contributed by atoms with Crippen LogP contribution in [0, 0.1) is 0 Å². The molecule has 1 N–H and O–H groups in total. The minimum absolute atomic E-state index is 0.0573. The van der Waals surface area contributed by atoms with Crippen LogP contribution in [0.2, 0.25) is 5.02 Å². The highest BCUT2D eigenvalue weighted by Crippen LogP contribution is 2.11. The fourth-order valence-electron chi connectivity index (χ4n) is 1.43. The summed E-state index contributed by atoms with van der Waals surface area (Å²) in [5.74, 6) is -0.0573. The third-order valence-corrected chi connectivity index (χ3v) is 3.79. The van der Waals surface area contributed by atoms with E-state index < -0.39 is 10.0 Å². The molecule has 0 aliphatic rings. The zero-order valence-corrected chi connectivity index (χ0v) is 11.4.